The van der Waals surface area contributed by atoms with Gasteiger partial charge in [0.15, 0.2) is 0 Å². The van der Waals surface area contributed by atoms with Gasteiger partial charge in [-0.25, -0.2) is 8.42 Å². The van der Waals surface area contributed by atoms with Gasteiger partial charge in [0.05, 0.1) is 11.6 Å². The van der Waals surface area contributed by atoms with E-state index < -0.39 is 16.1 Å². The van der Waals surface area contributed by atoms with Crippen LogP contribution >= 0.6 is 0 Å². The van der Waals surface area contributed by atoms with Gasteiger partial charge >= 0.3 is 0 Å². The summed E-state index contributed by atoms with van der Waals surface area (Å²) in [6, 6.07) is 14.3. The Morgan fingerprint density at radius 1 is 1.00 bits per heavy atom. The number of benzene rings is 2. The van der Waals surface area contributed by atoms with Crippen molar-refractivity contribution in [3.05, 3.63) is 59.7 Å². The zero-order chi connectivity index (χ0) is 21.3. The highest BCUT2D eigenvalue weighted by atomic mass is 32.2. The summed E-state index contributed by atoms with van der Waals surface area (Å²) in [5.41, 5.74) is 3.68. The highest BCUT2D eigenvalue weighted by molar-refractivity contribution is 7.89. The van der Waals surface area contributed by atoms with E-state index in [1.54, 1.807) is 30.3 Å². The van der Waals surface area contributed by atoms with Gasteiger partial charge in [-0.1, -0.05) is 30.3 Å². The topological polar surface area (TPSA) is 73.0 Å². The van der Waals surface area contributed by atoms with Gasteiger partial charge in [0.1, 0.15) is 6.04 Å². The number of anilines is 1. The van der Waals surface area contributed by atoms with Crippen molar-refractivity contribution in [1.29, 1.82) is 0 Å². The van der Waals surface area contributed by atoms with E-state index in [1.165, 1.54) is 21.1 Å². The fourth-order valence-corrected chi connectivity index (χ4v) is 5.47. The van der Waals surface area contributed by atoms with E-state index in [-0.39, 0.29) is 24.0 Å². The number of carbonyl (C=O) groups excluding carboxylic acids is 1. The fourth-order valence-electron chi connectivity index (χ4n) is 4.08. The molecule has 1 atom stereocenters. The van der Waals surface area contributed by atoms with Crippen molar-refractivity contribution in [3.63, 3.8) is 0 Å². The predicted molar refractivity (Wildman–Crippen MR) is 117 cm³/mol. The SMILES string of the molecule is Cc1ccc(C)c(N2CCN(C(=O)[C@@H]3CN(S(=O)(=O)c4ccccc4)CN3)CC2)c1. The maximum absolute atomic E-state index is 13.0. The number of piperazine rings is 1. The maximum Gasteiger partial charge on any atom is 0.244 e. The van der Waals surface area contributed by atoms with Crippen molar-refractivity contribution in [2.24, 2.45) is 0 Å². The van der Waals surface area contributed by atoms with Gasteiger partial charge in [-0.15, -0.1) is 0 Å². The van der Waals surface area contributed by atoms with Gasteiger partial charge in [0.25, 0.3) is 0 Å². The van der Waals surface area contributed by atoms with Crippen LogP contribution < -0.4 is 10.2 Å². The van der Waals surface area contributed by atoms with E-state index in [1.807, 2.05) is 4.90 Å². The van der Waals surface area contributed by atoms with Gasteiger partial charge < -0.3 is 9.80 Å². The Balaban J connectivity index is 1.37. The third-order valence-corrected chi connectivity index (χ3v) is 7.70. The van der Waals surface area contributed by atoms with Crippen LogP contribution in [0.25, 0.3) is 0 Å². The molecule has 2 saturated heterocycles. The Bertz CT molecular complexity index is 1020. The molecule has 0 radical (unpaired) electrons. The van der Waals surface area contributed by atoms with E-state index >= 15 is 0 Å². The Labute approximate surface area is 178 Å². The molecule has 0 aliphatic carbocycles. The Morgan fingerprint density at radius 2 is 1.70 bits per heavy atom. The number of sulfonamides is 1. The molecule has 30 heavy (non-hydrogen) atoms. The van der Waals surface area contributed by atoms with Gasteiger partial charge in [-0.3, -0.25) is 10.1 Å². The average Bonchev–Trinajstić information content (AvgIpc) is 3.27. The molecule has 2 aromatic rings. The lowest BCUT2D eigenvalue weighted by Gasteiger charge is -2.37. The fraction of sp³-hybridized carbons (Fsp3) is 0.409. The Hall–Kier alpha value is -2.42. The molecule has 0 saturated carbocycles. The lowest BCUT2D eigenvalue weighted by atomic mass is 10.1. The summed E-state index contributed by atoms with van der Waals surface area (Å²) < 4.78 is 26.9. The summed E-state index contributed by atoms with van der Waals surface area (Å²) in [6.45, 7) is 7.32. The zero-order valence-electron chi connectivity index (χ0n) is 17.4. The molecule has 8 heteroatoms. The first kappa shape index (κ1) is 20.8. The highest BCUT2D eigenvalue weighted by Crippen LogP contribution is 2.23. The average molecular weight is 429 g/mol. The number of amides is 1. The quantitative estimate of drug-likeness (QED) is 0.800. The first-order chi connectivity index (χ1) is 14.4. The summed E-state index contributed by atoms with van der Waals surface area (Å²) in [4.78, 5) is 17.4. The maximum atomic E-state index is 13.0. The minimum Gasteiger partial charge on any atom is -0.368 e. The molecule has 2 aliphatic rings. The van der Waals surface area contributed by atoms with Gasteiger partial charge in [-0.2, -0.15) is 4.31 Å². The molecule has 0 unspecified atom stereocenters. The lowest BCUT2D eigenvalue weighted by molar-refractivity contribution is -0.133. The summed E-state index contributed by atoms with van der Waals surface area (Å²) >= 11 is 0. The molecule has 7 nitrogen and oxygen atoms in total. The predicted octanol–water partition coefficient (Wildman–Crippen LogP) is 1.57. The van der Waals surface area contributed by atoms with E-state index in [4.69, 9.17) is 0 Å². The standard InChI is InChI=1S/C22H28N4O3S/c1-17-8-9-18(2)21(14-17)24-10-12-25(13-11-24)22(27)20-15-26(16-23-20)30(28,29)19-6-4-3-5-7-19/h3-9,14,20,23H,10-13,15-16H2,1-2H3/t20-/m0/s1. The van der Waals surface area contributed by atoms with Crippen LogP contribution in [0, 0.1) is 13.8 Å². The van der Waals surface area contributed by atoms with Crippen LogP contribution in [0.3, 0.4) is 0 Å². The van der Waals surface area contributed by atoms with E-state index in [0.717, 1.165) is 13.1 Å². The van der Waals surface area contributed by atoms with Crippen LogP contribution in [0.2, 0.25) is 0 Å². The van der Waals surface area contributed by atoms with Crippen molar-refractivity contribution < 1.29 is 13.2 Å². The summed E-state index contributed by atoms with van der Waals surface area (Å²) in [5.74, 6) is -0.0265. The normalized spacial score (nSPS) is 20.5. The third-order valence-electron chi connectivity index (χ3n) is 5.88. The number of aryl methyl sites for hydroxylation is 2. The van der Waals surface area contributed by atoms with Crippen LogP contribution in [0.1, 0.15) is 11.1 Å². The van der Waals surface area contributed by atoms with Crippen molar-refractivity contribution in [2.75, 3.05) is 44.3 Å². The minimum atomic E-state index is -3.60. The molecule has 0 bridgehead atoms. The second-order valence-electron chi connectivity index (χ2n) is 7.97. The van der Waals surface area contributed by atoms with Gasteiger partial charge in [0, 0.05) is 38.4 Å². The van der Waals surface area contributed by atoms with Crippen LogP contribution in [0.4, 0.5) is 5.69 Å². The number of rotatable bonds is 4. The first-order valence-electron chi connectivity index (χ1n) is 10.3. The molecular formula is C22H28N4O3S. The third kappa shape index (κ3) is 4.08. The van der Waals surface area contributed by atoms with Crippen molar-refractivity contribution in [2.45, 2.75) is 24.8 Å². The van der Waals surface area contributed by atoms with Gasteiger partial charge in [-0.05, 0) is 43.2 Å². The lowest BCUT2D eigenvalue weighted by Crippen LogP contribution is -2.54. The number of nitrogens with one attached hydrogen (secondary N) is 1. The minimum absolute atomic E-state index is 0.0265. The van der Waals surface area contributed by atoms with Crippen LogP contribution in [0.5, 0.6) is 0 Å². The molecular weight excluding hydrogens is 400 g/mol. The smallest absolute Gasteiger partial charge is 0.244 e. The molecule has 160 valence electrons. The molecule has 2 heterocycles. The number of hydrogen-bond acceptors (Lipinski definition) is 5. The summed E-state index contributed by atoms with van der Waals surface area (Å²) in [5, 5.41) is 3.08. The van der Waals surface area contributed by atoms with Crippen molar-refractivity contribution in [1.82, 2.24) is 14.5 Å². The second kappa shape index (κ2) is 8.37. The molecule has 2 fully saturated rings. The molecule has 2 aromatic carbocycles. The first-order valence-corrected chi connectivity index (χ1v) is 11.7. The Morgan fingerprint density at radius 3 is 2.40 bits per heavy atom. The summed E-state index contributed by atoms with van der Waals surface area (Å²) in [7, 11) is -3.60. The number of nitrogens with zero attached hydrogens (tertiary/aromatic N) is 3. The molecule has 4 rings (SSSR count). The van der Waals surface area contributed by atoms with Crippen LogP contribution in [0.15, 0.2) is 53.4 Å². The van der Waals surface area contributed by atoms with Crippen molar-refractivity contribution in [3.8, 4) is 0 Å². The van der Waals surface area contributed by atoms with Gasteiger partial charge in [0.2, 0.25) is 15.9 Å². The monoisotopic (exact) mass is 428 g/mol. The Kier molecular flexibility index (Phi) is 5.81. The number of hydrogen-bond donors (Lipinski definition) is 1. The molecule has 0 spiro atoms. The van der Waals surface area contributed by atoms with E-state index in [2.05, 4.69) is 42.3 Å². The van der Waals surface area contributed by atoms with Crippen LogP contribution in [-0.2, 0) is 14.8 Å². The molecule has 1 N–H and O–H groups in total. The van der Waals surface area contributed by atoms with E-state index in [9.17, 15) is 13.2 Å². The highest BCUT2D eigenvalue weighted by Gasteiger charge is 2.37. The van der Waals surface area contributed by atoms with Crippen molar-refractivity contribution >= 4 is 21.6 Å². The summed E-state index contributed by atoms with van der Waals surface area (Å²) in [6.07, 6.45) is 0. The zero-order valence-corrected chi connectivity index (χ0v) is 18.2. The largest absolute Gasteiger partial charge is 0.368 e. The molecule has 0 aromatic heterocycles. The second-order valence-corrected chi connectivity index (χ2v) is 9.91. The molecule has 1 amide bonds. The molecule has 2 aliphatic heterocycles. The van der Waals surface area contributed by atoms with Crippen LogP contribution in [-0.4, -0.2) is 69.0 Å². The van der Waals surface area contributed by atoms with E-state index in [0.29, 0.717) is 13.1 Å². The number of carbonyl (C=O) groups is 1.